The summed E-state index contributed by atoms with van der Waals surface area (Å²) in [6.45, 7) is 2.33. The van der Waals surface area contributed by atoms with Gasteiger partial charge < -0.3 is 14.2 Å². The van der Waals surface area contributed by atoms with Crippen LogP contribution in [0.3, 0.4) is 0 Å². The number of esters is 1. The van der Waals surface area contributed by atoms with Gasteiger partial charge in [0, 0.05) is 13.2 Å². The molecule has 1 rings (SSSR count). The predicted molar refractivity (Wildman–Crippen MR) is 72.3 cm³/mol. The van der Waals surface area contributed by atoms with E-state index in [9.17, 15) is 4.79 Å². The van der Waals surface area contributed by atoms with Crippen molar-refractivity contribution in [3.8, 4) is 5.75 Å². The lowest BCUT2D eigenvalue weighted by Crippen LogP contribution is -1.99. The Kier molecular flexibility index (Phi) is 6.46. The zero-order valence-electron chi connectivity index (χ0n) is 10.3. The second-order valence-corrected chi connectivity index (χ2v) is 4.18. The first-order chi connectivity index (χ1) is 8.67. The highest BCUT2D eigenvalue weighted by molar-refractivity contribution is 9.10. The summed E-state index contributed by atoms with van der Waals surface area (Å²) >= 11 is 3.38. The highest BCUT2D eigenvalue weighted by Crippen LogP contribution is 2.26. The highest BCUT2D eigenvalue weighted by atomic mass is 79.9. The van der Waals surface area contributed by atoms with Gasteiger partial charge in [-0.1, -0.05) is 6.07 Å². The Morgan fingerprint density at radius 2 is 2.22 bits per heavy atom. The number of rotatable bonds is 6. The van der Waals surface area contributed by atoms with E-state index >= 15 is 0 Å². The molecule has 0 aliphatic rings. The van der Waals surface area contributed by atoms with E-state index in [4.69, 9.17) is 14.2 Å². The smallest absolute Gasteiger partial charge is 0.330 e. The second-order valence-electron chi connectivity index (χ2n) is 3.33. The molecule has 0 saturated carbocycles. The number of benzene rings is 1. The third-order valence-electron chi connectivity index (χ3n) is 1.99. The molecule has 98 valence electrons. The first-order valence-electron chi connectivity index (χ1n) is 5.43. The maximum absolute atomic E-state index is 11.1. The summed E-state index contributed by atoms with van der Waals surface area (Å²) in [5, 5.41) is 0. The van der Waals surface area contributed by atoms with Gasteiger partial charge in [-0.15, -0.1) is 0 Å². The monoisotopic (exact) mass is 314 g/mol. The van der Waals surface area contributed by atoms with Crippen molar-refractivity contribution in [2.24, 2.45) is 0 Å². The summed E-state index contributed by atoms with van der Waals surface area (Å²) in [5.41, 5.74) is 0.875. The SMILES string of the molecule is CCOC(=O)/C=C/c1ccc(OCOC)c(Br)c1. The molecule has 0 heterocycles. The fraction of sp³-hybridized carbons (Fsp3) is 0.308. The van der Waals surface area contributed by atoms with Crippen molar-refractivity contribution in [1.29, 1.82) is 0 Å². The molecule has 0 atom stereocenters. The first-order valence-corrected chi connectivity index (χ1v) is 6.22. The lowest BCUT2D eigenvalue weighted by atomic mass is 10.2. The van der Waals surface area contributed by atoms with Crippen molar-refractivity contribution in [1.82, 2.24) is 0 Å². The third-order valence-corrected chi connectivity index (χ3v) is 2.61. The average Bonchev–Trinajstić information content (AvgIpc) is 2.35. The fourth-order valence-corrected chi connectivity index (χ4v) is 1.73. The van der Waals surface area contributed by atoms with Crippen molar-refractivity contribution >= 4 is 28.0 Å². The largest absolute Gasteiger partial charge is 0.466 e. The zero-order valence-corrected chi connectivity index (χ0v) is 11.9. The summed E-state index contributed by atoms with van der Waals surface area (Å²) in [4.78, 5) is 11.1. The minimum Gasteiger partial charge on any atom is -0.466 e. The van der Waals surface area contributed by atoms with E-state index in [1.807, 2.05) is 12.1 Å². The minimum atomic E-state index is -0.353. The molecule has 0 saturated heterocycles. The van der Waals surface area contributed by atoms with Gasteiger partial charge in [-0.2, -0.15) is 0 Å². The van der Waals surface area contributed by atoms with Gasteiger partial charge in [0.25, 0.3) is 0 Å². The van der Waals surface area contributed by atoms with Crippen LogP contribution in [0, 0.1) is 0 Å². The van der Waals surface area contributed by atoms with Crippen LogP contribution in [0.15, 0.2) is 28.7 Å². The molecule has 0 aromatic heterocycles. The fourth-order valence-electron chi connectivity index (χ4n) is 1.21. The van der Waals surface area contributed by atoms with Crippen molar-refractivity contribution in [3.05, 3.63) is 34.3 Å². The van der Waals surface area contributed by atoms with E-state index in [1.165, 1.54) is 6.08 Å². The number of carbonyl (C=O) groups is 1. The molecule has 0 aliphatic heterocycles. The molecule has 0 fully saturated rings. The van der Waals surface area contributed by atoms with E-state index in [-0.39, 0.29) is 12.8 Å². The number of halogens is 1. The van der Waals surface area contributed by atoms with Gasteiger partial charge in [0.2, 0.25) is 0 Å². The molecular formula is C13H15BrO4. The standard InChI is InChI=1S/C13H15BrO4/c1-3-17-13(15)7-5-10-4-6-12(11(14)8-10)18-9-16-2/h4-8H,3,9H2,1-2H3/b7-5+. The minimum absolute atomic E-state index is 0.191. The van der Waals surface area contributed by atoms with Gasteiger partial charge in [-0.05, 0) is 46.6 Å². The van der Waals surface area contributed by atoms with Crippen LogP contribution in [-0.2, 0) is 14.3 Å². The molecule has 4 nitrogen and oxygen atoms in total. The van der Waals surface area contributed by atoms with Crippen molar-refractivity contribution < 1.29 is 19.0 Å². The van der Waals surface area contributed by atoms with Crippen LogP contribution in [-0.4, -0.2) is 26.5 Å². The summed E-state index contributed by atoms with van der Waals surface area (Å²) in [5.74, 6) is 0.332. The Bertz CT molecular complexity index is 429. The van der Waals surface area contributed by atoms with E-state index in [1.54, 1.807) is 26.2 Å². The van der Waals surface area contributed by atoms with Crippen molar-refractivity contribution in [3.63, 3.8) is 0 Å². The molecule has 18 heavy (non-hydrogen) atoms. The van der Waals surface area contributed by atoms with Gasteiger partial charge in [0.1, 0.15) is 5.75 Å². The lowest BCUT2D eigenvalue weighted by molar-refractivity contribution is -0.137. The lowest BCUT2D eigenvalue weighted by Gasteiger charge is -2.07. The maximum atomic E-state index is 11.1. The number of methoxy groups -OCH3 is 1. The Morgan fingerprint density at radius 3 is 2.83 bits per heavy atom. The quantitative estimate of drug-likeness (QED) is 0.460. The Labute approximate surface area is 115 Å². The third kappa shape index (κ3) is 4.89. The Hall–Kier alpha value is -1.33. The molecule has 0 unspecified atom stereocenters. The maximum Gasteiger partial charge on any atom is 0.330 e. The molecular weight excluding hydrogens is 300 g/mol. The summed E-state index contributed by atoms with van der Waals surface area (Å²) in [7, 11) is 1.56. The molecule has 5 heteroatoms. The van der Waals surface area contributed by atoms with Crippen LogP contribution in [0.2, 0.25) is 0 Å². The van der Waals surface area contributed by atoms with E-state index in [0.717, 1.165) is 10.0 Å². The van der Waals surface area contributed by atoms with Crippen molar-refractivity contribution in [2.45, 2.75) is 6.92 Å². The van der Waals surface area contributed by atoms with Crippen LogP contribution < -0.4 is 4.74 Å². The molecule has 0 spiro atoms. The van der Waals surface area contributed by atoms with E-state index in [0.29, 0.717) is 12.4 Å². The highest BCUT2D eigenvalue weighted by Gasteiger charge is 2.01. The summed E-state index contributed by atoms with van der Waals surface area (Å²) in [6, 6.07) is 5.49. The first kappa shape index (κ1) is 14.7. The topological polar surface area (TPSA) is 44.8 Å². The second kappa shape index (κ2) is 7.89. The van der Waals surface area contributed by atoms with Gasteiger partial charge in [0.15, 0.2) is 6.79 Å². The van der Waals surface area contributed by atoms with Gasteiger partial charge >= 0.3 is 5.97 Å². The molecule has 1 aromatic carbocycles. The number of carbonyl (C=O) groups excluding carboxylic acids is 1. The predicted octanol–water partition coefficient (Wildman–Crippen LogP) is 3.01. The zero-order chi connectivity index (χ0) is 13.4. The molecule has 1 aromatic rings. The van der Waals surface area contributed by atoms with Crippen LogP contribution in [0.1, 0.15) is 12.5 Å². The number of hydrogen-bond acceptors (Lipinski definition) is 4. The van der Waals surface area contributed by atoms with E-state index in [2.05, 4.69) is 15.9 Å². The average molecular weight is 315 g/mol. The van der Waals surface area contributed by atoms with Gasteiger partial charge in [-0.3, -0.25) is 0 Å². The summed E-state index contributed by atoms with van der Waals surface area (Å²) < 4.78 is 15.7. The normalized spacial score (nSPS) is 10.6. The molecule has 0 radical (unpaired) electrons. The number of ether oxygens (including phenoxy) is 3. The van der Waals surface area contributed by atoms with Crippen LogP contribution in [0.25, 0.3) is 6.08 Å². The van der Waals surface area contributed by atoms with Crippen molar-refractivity contribution in [2.75, 3.05) is 20.5 Å². The van der Waals surface area contributed by atoms with Gasteiger partial charge in [0.05, 0.1) is 11.1 Å². The number of hydrogen-bond donors (Lipinski definition) is 0. The summed E-state index contributed by atoms with van der Waals surface area (Å²) in [6.07, 6.45) is 3.07. The molecule has 0 N–H and O–H groups in total. The van der Waals surface area contributed by atoms with Crippen LogP contribution in [0.4, 0.5) is 0 Å². The Balaban J connectivity index is 2.69. The van der Waals surface area contributed by atoms with Gasteiger partial charge in [-0.25, -0.2) is 4.79 Å². The van der Waals surface area contributed by atoms with Crippen LogP contribution in [0.5, 0.6) is 5.75 Å². The molecule has 0 amide bonds. The Morgan fingerprint density at radius 1 is 1.44 bits per heavy atom. The van der Waals surface area contributed by atoms with Crippen LogP contribution >= 0.6 is 15.9 Å². The molecule has 0 bridgehead atoms. The van der Waals surface area contributed by atoms with E-state index < -0.39 is 0 Å². The molecule has 0 aliphatic carbocycles.